The molecule has 1 unspecified atom stereocenters. The van der Waals surface area contributed by atoms with Crippen LogP contribution in [-0.2, 0) is 25.3 Å². The summed E-state index contributed by atoms with van der Waals surface area (Å²) in [5.41, 5.74) is 1.22. The lowest BCUT2D eigenvalue weighted by atomic mass is 9.65. The van der Waals surface area contributed by atoms with Crippen LogP contribution in [0, 0.1) is 12.0 Å². The first-order valence-corrected chi connectivity index (χ1v) is 10.1. The summed E-state index contributed by atoms with van der Waals surface area (Å²) in [7, 11) is 0. The van der Waals surface area contributed by atoms with Gasteiger partial charge in [-0.15, -0.1) is 0 Å². The van der Waals surface area contributed by atoms with E-state index in [1.165, 1.54) is 0 Å². The molecule has 0 radical (unpaired) electrons. The van der Waals surface area contributed by atoms with Crippen LogP contribution in [0.1, 0.15) is 67.1 Å². The molecule has 0 amide bonds. The van der Waals surface area contributed by atoms with Gasteiger partial charge in [-0.1, -0.05) is 38.1 Å². The average molecular weight is 406 g/mol. The van der Waals surface area contributed by atoms with Crippen LogP contribution in [0.3, 0.4) is 0 Å². The van der Waals surface area contributed by atoms with Gasteiger partial charge in [-0.3, -0.25) is 4.79 Å². The fourth-order valence-electron chi connectivity index (χ4n) is 3.78. The first-order valence-electron chi connectivity index (χ1n) is 10.1. The molecular weight excluding hydrogens is 380 g/mol. The number of benzene rings is 2. The molecule has 0 aromatic heterocycles. The molecule has 1 aliphatic carbocycles. The van der Waals surface area contributed by atoms with Crippen molar-refractivity contribution >= 4 is 11.9 Å². The Morgan fingerprint density at radius 3 is 2.50 bits per heavy atom. The van der Waals surface area contributed by atoms with Gasteiger partial charge in [0.1, 0.15) is 11.7 Å². The first-order chi connectivity index (χ1) is 14.2. The van der Waals surface area contributed by atoms with Crippen LogP contribution in [0.5, 0.6) is 0 Å². The van der Waals surface area contributed by atoms with Crippen molar-refractivity contribution in [3.05, 3.63) is 70.8 Å². The van der Waals surface area contributed by atoms with Gasteiger partial charge in [0.15, 0.2) is 0 Å². The summed E-state index contributed by atoms with van der Waals surface area (Å²) in [6.07, 6.45) is 3.53. The highest BCUT2D eigenvalue weighted by molar-refractivity contribution is 5.90. The number of carbonyl (C=O) groups excluding carboxylic acids is 2. The summed E-state index contributed by atoms with van der Waals surface area (Å²) in [6, 6.07) is 14.2. The van der Waals surface area contributed by atoms with Crippen LogP contribution in [-0.4, -0.2) is 23.7 Å². The molecular formula is C25H26O5. The van der Waals surface area contributed by atoms with Gasteiger partial charge in [0.25, 0.3) is 0 Å². The number of hydrogen-bond acceptors (Lipinski definition) is 5. The third kappa shape index (κ3) is 4.72. The zero-order chi connectivity index (χ0) is 21.8. The summed E-state index contributed by atoms with van der Waals surface area (Å²) < 4.78 is 10.1. The number of hydrogen-bond donors (Lipinski definition) is 1. The molecule has 1 N–H and O–H groups in total. The zero-order valence-corrected chi connectivity index (χ0v) is 17.5. The summed E-state index contributed by atoms with van der Waals surface area (Å²) in [4.78, 5) is 24.1. The van der Waals surface area contributed by atoms with Gasteiger partial charge in [-0.2, -0.15) is 0 Å². The lowest BCUT2D eigenvalue weighted by Crippen LogP contribution is -2.39. The molecule has 0 aliphatic heterocycles. The van der Waals surface area contributed by atoms with E-state index in [4.69, 9.17) is 9.47 Å². The lowest BCUT2D eigenvalue weighted by Gasteiger charge is -2.42. The standard InChI is InChI=1S/C25H26O5/c1-4-29-22(26)17-25(28)14-13-24(2,3)20-11-10-18(16-21(20)25)12-15-30-23(27)19-8-6-5-7-9-19/h5-11,16,28H,4,13-14,17H2,1-3H3. The summed E-state index contributed by atoms with van der Waals surface area (Å²) >= 11 is 0. The minimum Gasteiger partial charge on any atom is -0.466 e. The van der Waals surface area contributed by atoms with Gasteiger partial charge >= 0.3 is 11.9 Å². The van der Waals surface area contributed by atoms with E-state index in [1.54, 1.807) is 37.3 Å². The van der Waals surface area contributed by atoms with E-state index in [-0.39, 0.29) is 18.4 Å². The summed E-state index contributed by atoms with van der Waals surface area (Å²) in [6.45, 7) is 6.24. The monoisotopic (exact) mass is 406 g/mol. The Kier molecular flexibility index (Phi) is 6.28. The number of aliphatic hydroxyl groups is 1. The largest absolute Gasteiger partial charge is 0.466 e. The maximum absolute atomic E-state index is 12.1. The van der Waals surface area contributed by atoms with E-state index >= 15 is 0 Å². The van der Waals surface area contributed by atoms with Crippen LogP contribution >= 0.6 is 0 Å². The quantitative estimate of drug-likeness (QED) is 0.612. The van der Waals surface area contributed by atoms with E-state index < -0.39 is 17.5 Å². The van der Waals surface area contributed by atoms with Gasteiger partial charge in [-0.25, -0.2) is 4.79 Å². The van der Waals surface area contributed by atoms with Crippen molar-refractivity contribution in [3.8, 4) is 12.0 Å². The molecule has 5 heteroatoms. The number of esters is 2. The molecule has 1 atom stereocenters. The predicted octanol–water partition coefficient (Wildman–Crippen LogP) is 4.06. The molecule has 5 nitrogen and oxygen atoms in total. The SMILES string of the molecule is CCOC(=O)CC1(O)CCC(C)(C)c2ccc(C#COC(=O)c3ccccc3)cc21. The minimum atomic E-state index is -1.31. The van der Waals surface area contributed by atoms with Crippen molar-refractivity contribution in [2.24, 2.45) is 0 Å². The molecule has 0 heterocycles. The van der Waals surface area contributed by atoms with Crippen molar-refractivity contribution < 1.29 is 24.2 Å². The van der Waals surface area contributed by atoms with Gasteiger partial charge in [0, 0.05) is 5.56 Å². The predicted molar refractivity (Wildman–Crippen MR) is 113 cm³/mol. The van der Waals surface area contributed by atoms with E-state index in [2.05, 4.69) is 25.9 Å². The van der Waals surface area contributed by atoms with Crippen LogP contribution < -0.4 is 0 Å². The fraction of sp³-hybridized carbons (Fsp3) is 0.360. The van der Waals surface area contributed by atoms with Gasteiger partial charge < -0.3 is 14.6 Å². The molecule has 2 aromatic rings. The number of fused-ring (bicyclic) bond motifs is 1. The van der Waals surface area contributed by atoms with Gasteiger partial charge in [0.05, 0.1) is 18.6 Å². The topological polar surface area (TPSA) is 72.8 Å². The molecule has 0 spiro atoms. The smallest absolute Gasteiger partial charge is 0.352 e. The molecule has 3 rings (SSSR count). The Labute approximate surface area is 177 Å². The highest BCUT2D eigenvalue weighted by atomic mass is 16.5. The van der Waals surface area contributed by atoms with E-state index in [1.807, 2.05) is 18.2 Å². The normalized spacial score (nSPS) is 19.1. The second-order valence-electron chi connectivity index (χ2n) is 8.14. The number of rotatable bonds is 4. The molecule has 0 bridgehead atoms. The maximum Gasteiger partial charge on any atom is 0.352 e. The lowest BCUT2D eigenvalue weighted by molar-refractivity contribution is -0.150. The Morgan fingerprint density at radius 1 is 1.07 bits per heavy atom. The second kappa shape index (κ2) is 8.73. The van der Waals surface area contributed by atoms with Crippen LogP contribution in [0.15, 0.2) is 48.5 Å². The maximum atomic E-state index is 12.1. The molecule has 2 aromatic carbocycles. The van der Waals surface area contributed by atoms with E-state index in [9.17, 15) is 14.7 Å². The molecule has 30 heavy (non-hydrogen) atoms. The van der Waals surface area contributed by atoms with Crippen molar-refractivity contribution in [1.29, 1.82) is 0 Å². The Morgan fingerprint density at radius 2 is 1.80 bits per heavy atom. The number of ether oxygens (including phenoxy) is 2. The molecule has 0 saturated heterocycles. The highest BCUT2D eigenvalue weighted by Gasteiger charge is 2.43. The fourth-order valence-corrected chi connectivity index (χ4v) is 3.78. The van der Waals surface area contributed by atoms with Crippen LogP contribution in [0.2, 0.25) is 0 Å². The van der Waals surface area contributed by atoms with Crippen molar-refractivity contribution in [1.82, 2.24) is 0 Å². The van der Waals surface area contributed by atoms with Crippen molar-refractivity contribution in [2.75, 3.05) is 6.61 Å². The summed E-state index contributed by atoms with van der Waals surface area (Å²) in [5, 5.41) is 11.3. The number of carbonyl (C=O) groups is 2. The minimum absolute atomic E-state index is 0.107. The van der Waals surface area contributed by atoms with Gasteiger partial charge in [-0.05, 0) is 66.5 Å². The Hall–Kier alpha value is -3.10. The average Bonchev–Trinajstić information content (AvgIpc) is 2.72. The zero-order valence-electron chi connectivity index (χ0n) is 17.5. The molecule has 0 saturated carbocycles. The molecule has 156 valence electrons. The molecule has 0 fully saturated rings. The molecule has 1 aliphatic rings. The first kappa shape index (κ1) is 21.6. The van der Waals surface area contributed by atoms with E-state index in [0.29, 0.717) is 23.1 Å². The van der Waals surface area contributed by atoms with Crippen molar-refractivity contribution in [3.63, 3.8) is 0 Å². The van der Waals surface area contributed by atoms with Crippen LogP contribution in [0.25, 0.3) is 0 Å². The Balaban J connectivity index is 1.87. The highest BCUT2D eigenvalue weighted by Crippen LogP contribution is 2.46. The van der Waals surface area contributed by atoms with Crippen LogP contribution in [0.4, 0.5) is 0 Å². The summed E-state index contributed by atoms with van der Waals surface area (Å²) in [5.74, 6) is 1.86. The van der Waals surface area contributed by atoms with E-state index in [0.717, 1.165) is 12.0 Å². The van der Waals surface area contributed by atoms with Crippen molar-refractivity contribution in [2.45, 2.75) is 51.0 Å². The third-order valence-electron chi connectivity index (χ3n) is 5.50. The third-order valence-corrected chi connectivity index (χ3v) is 5.50. The second-order valence-corrected chi connectivity index (χ2v) is 8.14. The Bertz CT molecular complexity index is 997. The van der Waals surface area contributed by atoms with Gasteiger partial charge in [0.2, 0.25) is 0 Å².